The summed E-state index contributed by atoms with van der Waals surface area (Å²) in [6.45, 7) is 5.42. The van der Waals surface area contributed by atoms with Crippen molar-refractivity contribution >= 4 is 17.2 Å². The first-order valence-electron chi connectivity index (χ1n) is 6.87. The van der Waals surface area contributed by atoms with Crippen molar-refractivity contribution in [3.05, 3.63) is 23.8 Å². The number of anilines is 2. The maximum absolute atomic E-state index is 11.4. The minimum atomic E-state index is -0.00298. The van der Waals surface area contributed by atoms with Crippen molar-refractivity contribution in [2.75, 3.05) is 24.2 Å². The number of carbonyl (C=O) groups excluding carboxylic acids is 1. The summed E-state index contributed by atoms with van der Waals surface area (Å²) in [6, 6.07) is 5.52. The summed E-state index contributed by atoms with van der Waals surface area (Å²) in [5, 5.41) is 3.39. The monoisotopic (exact) mass is 262 g/mol. The van der Waals surface area contributed by atoms with Crippen molar-refractivity contribution in [1.29, 1.82) is 0 Å². The fourth-order valence-electron chi connectivity index (χ4n) is 2.60. The molecule has 0 aliphatic carbocycles. The normalized spacial score (nSPS) is 22.4. The zero-order chi connectivity index (χ0) is 13.8. The number of ether oxygens (including phenoxy) is 1. The quantitative estimate of drug-likeness (QED) is 0.632. The van der Waals surface area contributed by atoms with Crippen molar-refractivity contribution < 1.29 is 9.53 Å². The van der Waals surface area contributed by atoms with Crippen LogP contribution in [-0.2, 0) is 4.74 Å². The highest BCUT2D eigenvalue weighted by Crippen LogP contribution is 2.25. The van der Waals surface area contributed by atoms with Gasteiger partial charge < -0.3 is 15.8 Å². The van der Waals surface area contributed by atoms with Crippen LogP contribution in [0.3, 0.4) is 0 Å². The topological polar surface area (TPSA) is 64.3 Å². The van der Waals surface area contributed by atoms with Crippen molar-refractivity contribution in [3.63, 3.8) is 0 Å². The molecule has 0 spiro atoms. The second-order valence-electron chi connectivity index (χ2n) is 5.11. The summed E-state index contributed by atoms with van der Waals surface area (Å²) in [5.74, 6) is 0.542. The van der Waals surface area contributed by atoms with Gasteiger partial charge in [-0.15, -0.1) is 0 Å². The maximum atomic E-state index is 11.4. The lowest BCUT2D eigenvalue weighted by Crippen LogP contribution is -2.22. The molecule has 4 heteroatoms. The lowest BCUT2D eigenvalue weighted by atomic mass is 9.99. The predicted molar refractivity (Wildman–Crippen MR) is 77.5 cm³/mol. The molecule has 0 aromatic heterocycles. The van der Waals surface area contributed by atoms with Gasteiger partial charge in [0.1, 0.15) is 0 Å². The highest BCUT2D eigenvalue weighted by molar-refractivity contribution is 5.99. The Kier molecular flexibility index (Phi) is 4.43. The number of nitrogens with two attached hydrogens (primary N) is 1. The molecule has 1 aliphatic rings. The molecule has 2 unspecified atom stereocenters. The second-order valence-corrected chi connectivity index (χ2v) is 5.11. The fourth-order valence-corrected chi connectivity index (χ4v) is 2.60. The number of hydrogen-bond donors (Lipinski definition) is 2. The number of nitrogen functional groups attached to an aromatic ring is 1. The molecule has 2 atom stereocenters. The van der Waals surface area contributed by atoms with Crippen LogP contribution in [0.2, 0.25) is 0 Å². The maximum Gasteiger partial charge on any atom is 0.161 e. The molecular weight excluding hydrogens is 240 g/mol. The minimum Gasteiger partial charge on any atom is -0.398 e. The molecule has 1 heterocycles. The van der Waals surface area contributed by atoms with E-state index in [9.17, 15) is 4.79 Å². The van der Waals surface area contributed by atoms with E-state index in [4.69, 9.17) is 10.5 Å². The molecule has 1 aliphatic heterocycles. The van der Waals surface area contributed by atoms with Crippen LogP contribution < -0.4 is 11.1 Å². The molecule has 2 rings (SSSR count). The Bertz CT molecular complexity index is 459. The summed E-state index contributed by atoms with van der Waals surface area (Å²) in [4.78, 5) is 11.4. The van der Waals surface area contributed by atoms with Gasteiger partial charge in [-0.1, -0.05) is 6.92 Å². The van der Waals surface area contributed by atoms with Crippen LogP contribution in [0.4, 0.5) is 11.4 Å². The van der Waals surface area contributed by atoms with E-state index in [-0.39, 0.29) is 5.78 Å². The van der Waals surface area contributed by atoms with Crippen molar-refractivity contribution in [1.82, 2.24) is 0 Å². The largest absolute Gasteiger partial charge is 0.398 e. The average molecular weight is 262 g/mol. The van der Waals surface area contributed by atoms with Crippen LogP contribution in [0.5, 0.6) is 0 Å². The van der Waals surface area contributed by atoms with E-state index in [0.29, 0.717) is 23.3 Å². The Balaban J connectivity index is 2.00. The first-order valence-corrected chi connectivity index (χ1v) is 6.87. The molecule has 0 radical (unpaired) electrons. The van der Waals surface area contributed by atoms with Crippen LogP contribution in [0.25, 0.3) is 0 Å². The van der Waals surface area contributed by atoms with Gasteiger partial charge in [0.15, 0.2) is 5.78 Å². The van der Waals surface area contributed by atoms with Crippen molar-refractivity contribution in [2.45, 2.75) is 32.8 Å². The SMILES string of the molecule is CCC1OCCC1CNc1ccc(N)c(C(C)=O)c1. The number of rotatable bonds is 5. The Labute approximate surface area is 114 Å². The Morgan fingerprint density at radius 1 is 1.53 bits per heavy atom. The van der Waals surface area contributed by atoms with Crippen LogP contribution in [0.15, 0.2) is 18.2 Å². The van der Waals surface area contributed by atoms with E-state index in [1.807, 2.05) is 12.1 Å². The smallest absolute Gasteiger partial charge is 0.161 e. The van der Waals surface area contributed by atoms with Crippen LogP contribution in [-0.4, -0.2) is 25.0 Å². The lowest BCUT2D eigenvalue weighted by molar-refractivity contribution is 0.0900. The molecule has 104 valence electrons. The van der Waals surface area contributed by atoms with Gasteiger partial charge in [0.05, 0.1) is 6.10 Å². The zero-order valence-corrected chi connectivity index (χ0v) is 11.6. The molecule has 0 amide bonds. The first-order chi connectivity index (χ1) is 9.11. The summed E-state index contributed by atoms with van der Waals surface area (Å²) in [7, 11) is 0. The van der Waals surface area contributed by atoms with Crippen LogP contribution in [0, 0.1) is 5.92 Å². The third-order valence-electron chi connectivity index (χ3n) is 3.75. The molecule has 4 nitrogen and oxygen atoms in total. The highest BCUT2D eigenvalue weighted by Gasteiger charge is 2.26. The molecule has 0 saturated carbocycles. The van der Waals surface area contributed by atoms with E-state index in [1.54, 1.807) is 6.07 Å². The highest BCUT2D eigenvalue weighted by atomic mass is 16.5. The van der Waals surface area contributed by atoms with Crippen LogP contribution >= 0.6 is 0 Å². The van der Waals surface area contributed by atoms with Gasteiger partial charge in [0.25, 0.3) is 0 Å². The Morgan fingerprint density at radius 2 is 2.32 bits per heavy atom. The number of ketones is 1. The average Bonchev–Trinajstić information content (AvgIpc) is 2.84. The second kappa shape index (κ2) is 6.06. The Morgan fingerprint density at radius 3 is 3.00 bits per heavy atom. The molecule has 19 heavy (non-hydrogen) atoms. The molecular formula is C15H22N2O2. The summed E-state index contributed by atoms with van der Waals surface area (Å²) in [6.07, 6.45) is 2.50. The Hall–Kier alpha value is -1.55. The van der Waals surface area contributed by atoms with E-state index in [2.05, 4.69) is 12.2 Å². The fraction of sp³-hybridized carbons (Fsp3) is 0.533. The molecule has 1 aromatic carbocycles. The van der Waals surface area contributed by atoms with E-state index < -0.39 is 0 Å². The van der Waals surface area contributed by atoms with Gasteiger partial charge in [-0.3, -0.25) is 4.79 Å². The summed E-state index contributed by atoms with van der Waals surface area (Å²) < 4.78 is 5.67. The molecule has 1 saturated heterocycles. The van der Waals surface area contributed by atoms with E-state index >= 15 is 0 Å². The van der Waals surface area contributed by atoms with Gasteiger partial charge in [-0.05, 0) is 38.0 Å². The van der Waals surface area contributed by atoms with Gasteiger partial charge in [0, 0.05) is 36.0 Å². The number of nitrogens with one attached hydrogen (secondary N) is 1. The molecule has 3 N–H and O–H groups in total. The van der Waals surface area contributed by atoms with Gasteiger partial charge in [0.2, 0.25) is 0 Å². The number of carbonyl (C=O) groups is 1. The van der Waals surface area contributed by atoms with Gasteiger partial charge in [-0.25, -0.2) is 0 Å². The molecule has 1 aromatic rings. The predicted octanol–water partition coefficient (Wildman–Crippen LogP) is 2.70. The molecule has 1 fully saturated rings. The zero-order valence-electron chi connectivity index (χ0n) is 11.6. The van der Waals surface area contributed by atoms with E-state index in [1.165, 1.54) is 6.92 Å². The molecule has 0 bridgehead atoms. The van der Waals surface area contributed by atoms with Crippen LogP contribution in [0.1, 0.15) is 37.0 Å². The summed E-state index contributed by atoms with van der Waals surface area (Å²) >= 11 is 0. The van der Waals surface area contributed by atoms with E-state index in [0.717, 1.165) is 31.7 Å². The third-order valence-corrected chi connectivity index (χ3v) is 3.75. The van der Waals surface area contributed by atoms with Gasteiger partial charge in [-0.2, -0.15) is 0 Å². The van der Waals surface area contributed by atoms with Crippen molar-refractivity contribution in [2.24, 2.45) is 5.92 Å². The standard InChI is InChI=1S/C15H22N2O2/c1-3-15-11(6-7-19-15)9-17-12-4-5-14(16)13(8-12)10(2)18/h4-5,8,11,15,17H,3,6-7,9,16H2,1-2H3. The van der Waals surface area contributed by atoms with Crippen molar-refractivity contribution in [3.8, 4) is 0 Å². The lowest BCUT2D eigenvalue weighted by Gasteiger charge is -2.18. The minimum absolute atomic E-state index is 0.00298. The first kappa shape index (κ1) is 13.9. The van der Waals surface area contributed by atoms with Gasteiger partial charge >= 0.3 is 0 Å². The third kappa shape index (κ3) is 3.26. The number of hydrogen-bond acceptors (Lipinski definition) is 4. The summed E-state index contributed by atoms with van der Waals surface area (Å²) in [5.41, 5.74) is 7.85. The number of Topliss-reactive ketones (excluding diaryl/α,β-unsaturated/α-hetero) is 1. The number of benzene rings is 1.